The van der Waals surface area contributed by atoms with Gasteiger partial charge in [-0.2, -0.15) is 0 Å². The third-order valence-corrected chi connectivity index (χ3v) is 5.09. The topological polar surface area (TPSA) is 67.4 Å². The number of halogens is 1. The van der Waals surface area contributed by atoms with Crippen LogP contribution in [-0.4, -0.2) is 35.6 Å². The maximum absolute atomic E-state index is 12.8. The van der Waals surface area contributed by atoms with Crippen molar-refractivity contribution < 1.29 is 9.53 Å². The number of rotatable bonds is 5. The second kappa shape index (κ2) is 8.57. The van der Waals surface area contributed by atoms with Gasteiger partial charge in [-0.15, -0.1) is 0 Å². The Bertz CT molecular complexity index is 828. The van der Waals surface area contributed by atoms with E-state index in [4.69, 9.17) is 16.3 Å². The van der Waals surface area contributed by atoms with Crippen LogP contribution >= 0.6 is 11.6 Å². The fraction of sp³-hybridized carbons (Fsp3) is 0.450. The Labute approximate surface area is 164 Å². The smallest absolute Gasteiger partial charge is 0.274 e. The van der Waals surface area contributed by atoms with Crippen LogP contribution in [0.2, 0.25) is 5.02 Å². The number of carbonyl (C=O) groups is 1. The number of piperidine rings is 1. The normalized spacial score (nSPS) is 16.9. The Kier molecular flexibility index (Phi) is 6.16. The predicted octanol–water partition coefficient (Wildman–Crippen LogP) is 4.47. The highest BCUT2D eigenvalue weighted by Gasteiger charge is 2.24. The molecule has 2 aromatic rings. The molecular weight excluding hydrogens is 364 g/mol. The van der Waals surface area contributed by atoms with Crippen LogP contribution in [0.15, 0.2) is 24.3 Å². The van der Waals surface area contributed by atoms with Crippen LogP contribution in [0, 0.1) is 6.92 Å². The van der Waals surface area contributed by atoms with Crippen LogP contribution in [0.3, 0.4) is 0 Å². The van der Waals surface area contributed by atoms with Crippen molar-refractivity contribution in [2.45, 2.75) is 45.6 Å². The average molecular weight is 389 g/mol. The lowest BCUT2D eigenvalue weighted by atomic mass is 10.00. The second-order valence-corrected chi connectivity index (χ2v) is 7.15. The highest BCUT2D eigenvalue weighted by Crippen LogP contribution is 2.29. The molecule has 0 aliphatic carbocycles. The standard InChI is InChI=1S/C20H25ClN4O2/c1-4-15-7-5-6-10-25(15)19-12-17(22-13(2)23-19)20(26)24-16-11-14(21)8-9-18(16)27-3/h8-9,11-12,15H,4-7,10H2,1-3H3,(H,24,26). The molecule has 1 aliphatic heterocycles. The molecule has 0 radical (unpaired) electrons. The first-order valence-electron chi connectivity index (χ1n) is 9.29. The van der Waals surface area contributed by atoms with Crippen molar-refractivity contribution in [3.8, 4) is 5.75 Å². The lowest BCUT2D eigenvalue weighted by Gasteiger charge is -2.36. The van der Waals surface area contributed by atoms with Gasteiger partial charge < -0.3 is 15.0 Å². The maximum atomic E-state index is 12.8. The van der Waals surface area contributed by atoms with Crippen LogP contribution in [0.25, 0.3) is 0 Å². The van der Waals surface area contributed by atoms with Gasteiger partial charge in [-0.25, -0.2) is 9.97 Å². The number of anilines is 2. The molecule has 2 heterocycles. The molecule has 0 bridgehead atoms. The van der Waals surface area contributed by atoms with Crippen molar-refractivity contribution in [2.75, 3.05) is 23.9 Å². The zero-order valence-corrected chi connectivity index (χ0v) is 16.7. The third kappa shape index (κ3) is 4.50. The summed E-state index contributed by atoms with van der Waals surface area (Å²) in [5.41, 5.74) is 0.845. The van der Waals surface area contributed by atoms with Gasteiger partial charge in [0.25, 0.3) is 5.91 Å². The molecule has 1 atom stereocenters. The molecule has 1 N–H and O–H groups in total. The number of hydrogen-bond donors (Lipinski definition) is 1. The van der Waals surface area contributed by atoms with E-state index in [1.165, 1.54) is 6.42 Å². The molecule has 1 aliphatic rings. The summed E-state index contributed by atoms with van der Waals surface area (Å²) < 4.78 is 5.29. The number of nitrogens with zero attached hydrogens (tertiary/aromatic N) is 3. The highest BCUT2D eigenvalue weighted by atomic mass is 35.5. The fourth-order valence-electron chi connectivity index (χ4n) is 3.51. The molecule has 1 aromatic carbocycles. The molecule has 1 aromatic heterocycles. The molecule has 0 saturated carbocycles. The number of nitrogens with one attached hydrogen (secondary N) is 1. The van der Waals surface area contributed by atoms with E-state index in [0.29, 0.717) is 34.0 Å². The quantitative estimate of drug-likeness (QED) is 0.818. The van der Waals surface area contributed by atoms with Gasteiger partial charge in [-0.1, -0.05) is 18.5 Å². The molecule has 27 heavy (non-hydrogen) atoms. The van der Waals surface area contributed by atoms with Crippen molar-refractivity contribution in [3.05, 3.63) is 40.8 Å². The Morgan fingerprint density at radius 2 is 2.15 bits per heavy atom. The summed E-state index contributed by atoms with van der Waals surface area (Å²) in [5, 5.41) is 3.36. The second-order valence-electron chi connectivity index (χ2n) is 6.71. The molecule has 3 rings (SSSR count). The summed E-state index contributed by atoms with van der Waals surface area (Å²) in [4.78, 5) is 24.0. The Morgan fingerprint density at radius 3 is 2.89 bits per heavy atom. The number of ether oxygens (including phenoxy) is 1. The van der Waals surface area contributed by atoms with Crippen molar-refractivity contribution >= 4 is 29.0 Å². The number of aromatic nitrogens is 2. The Morgan fingerprint density at radius 1 is 1.33 bits per heavy atom. The van der Waals surface area contributed by atoms with Gasteiger partial charge in [0.2, 0.25) is 0 Å². The zero-order valence-electron chi connectivity index (χ0n) is 16.0. The largest absolute Gasteiger partial charge is 0.495 e. The van der Waals surface area contributed by atoms with Crippen LogP contribution in [0.1, 0.15) is 48.9 Å². The number of methoxy groups -OCH3 is 1. The van der Waals surface area contributed by atoms with Crippen LogP contribution < -0.4 is 15.0 Å². The summed E-state index contributed by atoms with van der Waals surface area (Å²) in [6.07, 6.45) is 4.59. The van der Waals surface area contributed by atoms with Gasteiger partial charge in [0.1, 0.15) is 23.1 Å². The van der Waals surface area contributed by atoms with Crippen molar-refractivity contribution in [2.24, 2.45) is 0 Å². The van der Waals surface area contributed by atoms with Crippen molar-refractivity contribution in [1.29, 1.82) is 0 Å². The van der Waals surface area contributed by atoms with Gasteiger partial charge in [0.05, 0.1) is 12.8 Å². The Hall–Kier alpha value is -2.34. The first kappa shape index (κ1) is 19.4. The molecule has 7 heteroatoms. The molecule has 0 spiro atoms. The van der Waals surface area contributed by atoms with Gasteiger partial charge in [0, 0.05) is 23.7 Å². The van der Waals surface area contributed by atoms with E-state index in [2.05, 4.69) is 27.1 Å². The molecule has 1 amide bonds. The first-order valence-corrected chi connectivity index (χ1v) is 9.66. The van der Waals surface area contributed by atoms with Crippen LogP contribution in [0.4, 0.5) is 11.5 Å². The fourth-order valence-corrected chi connectivity index (χ4v) is 3.68. The van der Waals surface area contributed by atoms with E-state index in [-0.39, 0.29) is 5.91 Å². The summed E-state index contributed by atoms with van der Waals surface area (Å²) in [5.74, 6) is 1.63. The van der Waals surface area contributed by atoms with E-state index in [1.807, 2.05) is 6.92 Å². The summed E-state index contributed by atoms with van der Waals surface area (Å²) >= 11 is 6.05. The van der Waals surface area contributed by atoms with Crippen LogP contribution in [0.5, 0.6) is 5.75 Å². The van der Waals surface area contributed by atoms with Gasteiger partial charge in [-0.05, 0) is 50.8 Å². The monoisotopic (exact) mass is 388 g/mol. The molecule has 1 unspecified atom stereocenters. The van der Waals surface area contributed by atoms with Gasteiger partial charge in [0.15, 0.2) is 0 Å². The third-order valence-electron chi connectivity index (χ3n) is 4.86. The summed E-state index contributed by atoms with van der Waals surface area (Å²) in [7, 11) is 1.55. The molecule has 1 saturated heterocycles. The minimum atomic E-state index is -0.313. The number of amides is 1. The van der Waals surface area contributed by atoms with Crippen LogP contribution in [-0.2, 0) is 0 Å². The lowest BCUT2D eigenvalue weighted by molar-refractivity contribution is 0.102. The minimum Gasteiger partial charge on any atom is -0.495 e. The van der Waals surface area contributed by atoms with E-state index in [0.717, 1.165) is 31.6 Å². The van der Waals surface area contributed by atoms with E-state index >= 15 is 0 Å². The van der Waals surface area contributed by atoms with Crippen molar-refractivity contribution in [3.63, 3.8) is 0 Å². The average Bonchev–Trinajstić information content (AvgIpc) is 2.67. The SMILES string of the molecule is CCC1CCCCN1c1cc(C(=O)Nc2cc(Cl)ccc2OC)nc(C)n1. The molecular formula is C20H25ClN4O2. The van der Waals surface area contributed by atoms with E-state index < -0.39 is 0 Å². The summed E-state index contributed by atoms with van der Waals surface area (Å²) in [6, 6.07) is 7.31. The number of carbonyl (C=O) groups excluding carboxylic acids is 1. The zero-order chi connectivity index (χ0) is 19.4. The number of benzene rings is 1. The molecule has 1 fully saturated rings. The maximum Gasteiger partial charge on any atom is 0.274 e. The molecule has 144 valence electrons. The number of hydrogen-bond acceptors (Lipinski definition) is 5. The van der Waals surface area contributed by atoms with Gasteiger partial charge in [-0.3, -0.25) is 4.79 Å². The summed E-state index contributed by atoms with van der Waals surface area (Å²) in [6.45, 7) is 4.96. The minimum absolute atomic E-state index is 0.313. The Balaban J connectivity index is 1.87. The molecule has 6 nitrogen and oxygen atoms in total. The number of aryl methyl sites for hydroxylation is 1. The highest BCUT2D eigenvalue weighted by molar-refractivity contribution is 6.31. The lowest BCUT2D eigenvalue weighted by Crippen LogP contribution is -2.40. The van der Waals surface area contributed by atoms with Gasteiger partial charge >= 0.3 is 0 Å². The van der Waals surface area contributed by atoms with Crippen molar-refractivity contribution in [1.82, 2.24) is 9.97 Å². The first-order chi connectivity index (χ1) is 13.0. The van der Waals surface area contributed by atoms with E-state index in [9.17, 15) is 4.79 Å². The predicted molar refractivity (Wildman–Crippen MR) is 108 cm³/mol. The van der Waals surface area contributed by atoms with E-state index in [1.54, 1.807) is 31.4 Å².